The van der Waals surface area contributed by atoms with Gasteiger partial charge < -0.3 is 4.74 Å². The highest BCUT2D eigenvalue weighted by Gasteiger charge is 2.24. The van der Waals surface area contributed by atoms with Crippen LogP contribution in [0.4, 0.5) is 0 Å². The molecule has 0 saturated heterocycles. The first kappa shape index (κ1) is 13.3. The Balaban J connectivity index is 1.88. The van der Waals surface area contributed by atoms with Crippen molar-refractivity contribution in [2.45, 2.75) is 32.8 Å². The van der Waals surface area contributed by atoms with Gasteiger partial charge in [-0.25, -0.2) is 0 Å². The predicted octanol–water partition coefficient (Wildman–Crippen LogP) is 4.80. The Hall–Kier alpha value is -2.35. The van der Waals surface area contributed by atoms with E-state index in [1.165, 1.54) is 11.1 Å². The molecule has 0 saturated carbocycles. The Morgan fingerprint density at radius 3 is 2.73 bits per heavy atom. The Kier molecular flexibility index (Phi) is 2.93. The zero-order chi connectivity index (χ0) is 15.3. The lowest BCUT2D eigenvalue weighted by Gasteiger charge is -2.25. The quantitative estimate of drug-likeness (QED) is 0.754. The van der Waals surface area contributed by atoms with Crippen LogP contribution in [0, 0.1) is 0 Å². The minimum atomic E-state index is 0.246. The minimum absolute atomic E-state index is 0.246. The zero-order valence-electron chi connectivity index (χ0n) is 12.7. The van der Waals surface area contributed by atoms with Crippen molar-refractivity contribution in [1.82, 2.24) is 0 Å². The van der Waals surface area contributed by atoms with Crippen molar-refractivity contribution in [3.8, 4) is 16.9 Å². The van der Waals surface area contributed by atoms with Crippen LogP contribution >= 0.6 is 0 Å². The lowest BCUT2D eigenvalue weighted by atomic mass is 9.85. The largest absolute Gasteiger partial charge is 0.488 e. The second-order valence-electron chi connectivity index (χ2n) is 6.22. The fraction of sp³-hybridized carbons (Fsp3) is 0.250. The van der Waals surface area contributed by atoms with Crippen LogP contribution in [-0.2, 0) is 13.0 Å². The highest BCUT2D eigenvalue weighted by Crippen LogP contribution is 2.41. The van der Waals surface area contributed by atoms with Crippen molar-refractivity contribution in [1.29, 1.82) is 0 Å². The summed E-state index contributed by atoms with van der Waals surface area (Å²) < 4.78 is 5.92. The Bertz CT molecular complexity index is 815. The van der Waals surface area contributed by atoms with E-state index in [0.717, 1.165) is 46.4 Å². The van der Waals surface area contributed by atoms with Crippen molar-refractivity contribution in [3.05, 3.63) is 59.2 Å². The van der Waals surface area contributed by atoms with Gasteiger partial charge in [0.1, 0.15) is 12.4 Å². The molecule has 2 aromatic carbocycles. The van der Waals surface area contributed by atoms with Crippen LogP contribution in [0.15, 0.2) is 36.9 Å². The van der Waals surface area contributed by atoms with E-state index in [1.807, 2.05) is 13.0 Å². The molecule has 0 fully saturated rings. The van der Waals surface area contributed by atoms with Crippen LogP contribution in [-0.4, -0.2) is 5.78 Å². The molecular weight excluding hydrogens is 272 g/mol. The number of ketones is 1. The normalized spacial score (nSPS) is 15.4. The summed E-state index contributed by atoms with van der Waals surface area (Å²) in [6.45, 7) is 6.57. The number of rotatable bonds is 1. The molecule has 2 heteroatoms. The number of aryl methyl sites for hydroxylation is 1. The number of hydrogen-bond donors (Lipinski definition) is 0. The smallest absolute Gasteiger partial charge is 0.163 e. The summed E-state index contributed by atoms with van der Waals surface area (Å²) in [4.78, 5) is 12.1. The van der Waals surface area contributed by atoms with E-state index in [-0.39, 0.29) is 5.78 Å². The molecule has 22 heavy (non-hydrogen) atoms. The maximum Gasteiger partial charge on any atom is 0.163 e. The van der Waals surface area contributed by atoms with Gasteiger partial charge in [-0.3, -0.25) is 4.79 Å². The molecule has 2 aromatic rings. The van der Waals surface area contributed by atoms with Crippen molar-refractivity contribution >= 4 is 11.4 Å². The SMILES string of the molecule is C=C(C)c1ccc2c(c1)COc1cc3c(cc1-2)CCCC3=O. The third-order valence-corrected chi connectivity index (χ3v) is 4.63. The first-order valence-electron chi connectivity index (χ1n) is 7.75. The van der Waals surface area contributed by atoms with Gasteiger partial charge >= 0.3 is 0 Å². The van der Waals surface area contributed by atoms with Gasteiger partial charge in [-0.2, -0.15) is 0 Å². The van der Waals surface area contributed by atoms with Crippen LogP contribution < -0.4 is 4.74 Å². The zero-order valence-corrected chi connectivity index (χ0v) is 12.7. The van der Waals surface area contributed by atoms with Gasteiger partial charge in [0.15, 0.2) is 5.78 Å². The fourth-order valence-corrected chi connectivity index (χ4v) is 3.39. The van der Waals surface area contributed by atoms with Gasteiger partial charge in [0.05, 0.1) is 0 Å². The number of fused-ring (bicyclic) bond motifs is 4. The molecule has 0 N–H and O–H groups in total. The Morgan fingerprint density at radius 2 is 1.91 bits per heavy atom. The number of hydrogen-bond acceptors (Lipinski definition) is 2. The van der Waals surface area contributed by atoms with Crippen LogP contribution in [0.5, 0.6) is 5.75 Å². The summed E-state index contributed by atoms with van der Waals surface area (Å²) in [5.74, 6) is 1.08. The molecule has 1 aliphatic carbocycles. The van der Waals surface area contributed by atoms with Crippen molar-refractivity contribution in [3.63, 3.8) is 0 Å². The second-order valence-corrected chi connectivity index (χ2v) is 6.22. The number of carbonyl (C=O) groups excluding carboxylic acids is 1. The molecule has 4 rings (SSSR count). The van der Waals surface area contributed by atoms with E-state index in [4.69, 9.17) is 4.74 Å². The second kappa shape index (κ2) is 4.84. The van der Waals surface area contributed by atoms with E-state index in [1.54, 1.807) is 0 Å². The number of ether oxygens (including phenoxy) is 1. The van der Waals surface area contributed by atoms with Gasteiger partial charge in [-0.05, 0) is 60.2 Å². The lowest BCUT2D eigenvalue weighted by molar-refractivity contribution is 0.0972. The molecule has 0 spiro atoms. The highest BCUT2D eigenvalue weighted by molar-refractivity contribution is 6.00. The van der Waals surface area contributed by atoms with Gasteiger partial charge in [0.25, 0.3) is 0 Å². The number of benzene rings is 2. The van der Waals surface area contributed by atoms with Crippen LogP contribution in [0.3, 0.4) is 0 Å². The molecule has 0 atom stereocenters. The highest BCUT2D eigenvalue weighted by atomic mass is 16.5. The summed E-state index contributed by atoms with van der Waals surface area (Å²) in [5, 5.41) is 0. The summed E-state index contributed by atoms with van der Waals surface area (Å²) in [6.07, 6.45) is 2.59. The van der Waals surface area contributed by atoms with E-state index in [0.29, 0.717) is 13.0 Å². The minimum Gasteiger partial charge on any atom is -0.488 e. The van der Waals surface area contributed by atoms with E-state index >= 15 is 0 Å². The summed E-state index contributed by atoms with van der Waals surface area (Å²) >= 11 is 0. The number of allylic oxidation sites excluding steroid dienone is 1. The maximum absolute atomic E-state index is 12.1. The van der Waals surface area contributed by atoms with Gasteiger partial charge in [0.2, 0.25) is 0 Å². The maximum atomic E-state index is 12.1. The fourth-order valence-electron chi connectivity index (χ4n) is 3.39. The van der Waals surface area contributed by atoms with Crippen molar-refractivity contribution < 1.29 is 9.53 Å². The first-order chi connectivity index (χ1) is 10.6. The van der Waals surface area contributed by atoms with Gasteiger partial charge in [-0.1, -0.05) is 24.3 Å². The third-order valence-electron chi connectivity index (χ3n) is 4.63. The molecule has 2 nitrogen and oxygen atoms in total. The number of carbonyl (C=O) groups is 1. The molecular formula is C20H18O2. The summed E-state index contributed by atoms with van der Waals surface area (Å²) in [5.41, 5.74) is 7.75. The topological polar surface area (TPSA) is 26.3 Å². The monoisotopic (exact) mass is 290 g/mol. The molecule has 0 aromatic heterocycles. The summed E-state index contributed by atoms with van der Waals surface area (Å²) in [6, 6.07) is 10.5. The first-order valence-corrected chi connectivity index (χ1v) is 7.75. The average Bonchev–Trinajstić information content (AvgIpc) is 2.53. The van der Waals surface area contributed by atoms with Crippen molar-refractivity contribution in [2.24, 2.45) is 0 Å². The van der Waals surface area contributed by atoms with Crippen LogP contribution in [0.1, 0.15) is 46.8 Å². The Morgan fingerprint density at radius 1 is 1.05 bits per heavy atom. The average molecular weight is 290 g/mol. The molecule has 2 aliphatic rings. The molecule has 0 unspecified atom stereocenters. The van der Waals surface area contributed by atoms with E-state index in [9.17, 15) is 4.79 Å². The number of Topliss-reactive ketones (excluding diaryl/α,β-unsaturated/α-hetero) is 1. The van der Waals surface area contributed by atoms with Gasteiger partial charge in [0, 0.05) is 17.5 Å². The van der Waals surface area contributed by atoms with Gasteiger partial charge in [-0.15, -0.1) is 0 Å². The summed E-state index contributed by atoms with van der Waals surface area (Å²) in [7, 11) is 0. The van der Waals surface area contributed by atoms with Crippen LogP contribution in [0.2, 0.25) is 0 Å². The third kappa shape index (κ3) is 1.98. The molecule has 1 aliphatic heterocycles. The molecule has 1 heterocycles. The molecule has 0 amide bonds. The van der Waals surface area contributed by atoms with E-state index < -0.39 is 0 Å². The molecule has 110 valence electrons. The standard InChI is InChI=1S/C20H18O2/c1-12(2)13-6-7-16-15(8-13)11-22-20-10-17-14(9-18(16)20)4-3-5-19(17)21/h6-10H,1,3-5,11H2,2H3. The van der Waals surface area contributed by atoms with E-state index in [2.05, 4.69) is 30.8 Å². The predicted molar refractivity (Wildman–Crippen MR) is 88.2 cm³/mol. The molecule has 0 radical (unpaired) electrons. The Labute approximate surface area is 130 Å². The van der Waals surface area contributed by atoms with Crippen molar-refractivity contribution in [2.75, 3.05) is 0 Å². The molecule has 0 bridgehead atoms. The lowest BCUT2D eigenvalue weighted by Crippen LogP contribution is -2.13. The van der Waals surface area contributed by atoms with Crippen LogP contribution in [0.25, 0.3) is 16.7 Å².